The molecule has 3 aromatic rings. The van der Waals surface area contributed by atoms with E-state index in [2.05, 4.69) is 26.5 Å². The van der Waals surface area contributed by atoms with Crippen LogP contribution < -0.4 is 19.2 Å². The summed E-state index contributed by atoms with van der Waals surface area (Å²) in [6.45, 7) is -0.472. The summed E-state index contributed by atoms with van der Waals surface area (Å²) >= 11 is 3.35. The Kier molecular flexibility index (Phi) is 8.07. The number of hydrogen-bond donors (Lipinski definition) is 1. The highest BCUT2D eigenvalue weighted by Crippen LogP contribution is 2.29. The monoisotopic (exact) mass is 531 g/mol. The summed E-state index contributed by atoms with van der Waals surface area (Å²) in [7, 11) is -0.983. The van der Waals surface area contributed by atoms with Crippen LogP contribution in [0.15, 0.2) is 87.3 Å². The minimum Gasteiger partial charge on any atom is -0.493 e. The summed E-state index contributed by atoms with van der Waals surface area (Å²) in [4.78, 5) is 12.7. The van der Waals surface area contributed by atoms with E-state index in [-0.39, 0.29) is 4.90 Å². The van der Waals surface area contributed by atoms with Crippen LogP contribution in [-0.2, 0) is 14.8 Å². The van der Waals surface area contributed by atoms with Gasteiger partial charge in [0.05, 0.1) is 31.0 Å². The number of nitrogens with zero attached hydrogens (tertiary/aromatic N) is 2. The van der Waals surface area contributed by atoms with Crippen molar-refractivity contribution in [2.24, 2.45) is 5.10 Å². The van der Waals surface area contributed by atoms with Crippen molar-refractivity contribution in [2.45, 2.75) is 4.90 Å². The second-order valence-corrected chi connectivity index (χ2v) is 9.46. The normalized spacial score (nSPS) is 11.2. The molecule has 10 heteroatoms. The van der Waals surface area contributed by atoms with Gasteiger partial charge in [-0.3, -0.25) is 9.10 Å². The third-order valence-electron chi connectivity index (χ3n) is 4.54. The summed E-state index contributed by atoms with van der Waals surface area (Å²) in [6, 6.07) is 19.8. The van der Waals surface area contributed by atoms with Gasteiger partial charge in [-0.2, -0.15) is 5.10 Å². The van der Waals surface area contributed by atoms with Crippen molar-refractivity contribution in [3.05, 3.63) is 82.8 Å². The zero-order valence-corrected chi connectivity index (χ0v) is 20.3. The van der Waals surface area contributed by atoms with Crippen molar-refractivity contribution in [2.75, 3.05) is 25.1 Å². The number of methoxy groups -OCH3 is 2. The summed E-state index contributed by atoms with van der Waals surface area (Å²) < 4.78 is 38.9. The summed E-state index contributed by atoms with van der Waals surface area (Å²) in [6.07, 6.45) is 1.40. The molecule has 0 saturated carbocycles. The fraction of sp³-hybridized carbons (Fsp3) is 0.130. The molecule has 0 aliphatic heterocycles. The molecule has 0 heterocycles. The molecule has 0 unspecified atom stereocenters. The van der Waals surface area contributed by atoms with E-state index in [1.807, 2.05) is 0 Å². The molecule has 1 N–H and O–H groups in total. The molecule has 0 aromatic heterocycles. The van der Waals surface area contributed by atoms with Gasteiger partial charge >= 0.3 is 0 Å². The maximum absolute atomic E-state index is 13.3. The lowest BCUT2D eigenvalue weighted by Gasteiger charge is -2.23. The molecule has 1 amide bonds. The van der Waals surface area contributed by atoms with Gasteiger partial charge in [0.1, 0.15) is 6.54 Å². The van der Waals surface area contributed by atoms with Crippen LogP contribution in [0, 0.1) is 0 Å². The van der Waals surface area contributed by atoms with Gasteiger partial charge in [-0.25, -0.2) is 13.8 Å². The molecule has 0 aliphatic rings. The molecule has 172 valence electrons. The van der Waals surface area contributed by atoms with Gasteiger partial charge in [0.15, 0.2) is 11.5 Å². The molecule has 0 saturated heterocycles. The Morgan fingerprint density at radius 2 is 1.76 bits per heavy atom. The van der Waals surface area contributed by atoms with Gasteiger partial charge in [0, 0.05) is 10.0 Å². The van der Waals surface area contributed by atoms with E-state index in [0.717, 1.165) is 4.31 Å². The average molecular weight is 532 g/mol. The van der Waals surface area contributed by atoms with E-state index in [4.69, 9.17) is 9.47 Å². The molecule has 0 spiro atoms. The predicted molar refractivity (Wildman–Crippen MR) is 130 cm³/mol. The lowest BCUT2D eigenvalue weighted by molar-refractivity contribution is -0.119. The first-order chi connectivity index (χ1) is 15.9. The minimum atomic E-state index is -4.00. The molecule has 0 aliphatic carbocycles. The highest BCUT2D eigenvalue weighted by atomic mass is 79.9. The molecule has 3 rings (SSSR count). The maximum Gasteiger partial charge on any atom is 0.264 e. The number of rotatable bonds is 9. The van der Waals surface area contributed by atoms with Gasteiger partial charge < -0.3 is 9.47 Å². The van der Waals surface area contributed by atoms with Crippen LogP contribution in [0.1, 0.15) is 5.56 Å². The first-order valence-electron chi connectivity index (χ1n) is 9.73. The Hall–Kier alpha value is -3.37. The van der Waals surface area contributed by atoms with Gasteiger partial charge in [0.2, 0.25) is 0 Å². The number of hydrazone groups is 1. The van der Waals surface area contributed by atoms with Crippen LogP contribution in [0.3, 0.4) is 0 Å². The molecular formula is C23H22BrN3O5S. The van der Waals surface area contributed by atoms with Gasteiger partial charge in [-0.1, -0.05) is 46.3 Å². The summed E-state index contributed by atoms with van der Waals surface area (Å²) in [5.74, 6) is 0.357. The largest absolute Gasteiger partial charge is 0.493 e. The lowest BCUT2D eigenvalue weighted by atomic mass is 10.2. The van der Waals surface area contributed by atoms with Crippen molar-refractivity contribution >= 4 is 43.8 Å². The van der Waals surface area contributed by atoms with Crippen molar-refractivity contribution in [3.8, 4) is 11.5 Å². The Balaban J connectivity index is 1.84. The Bertz CT molecular complexity index is 1250. The Morgan fingerprint density at radius 3 is 2.42 bits per heavy atom. The van der Waals surface area contributed by atoms with E-state index < -0.39 is 22.5 Å². The quantitative estimate of drug-likeness (QED) is 0.334. The van der Waals surface area contributed by atoms with Crippen LogP contribution >= 0.6 is 15.9 Å². The van der Waals surface area contributed by atoms with Crippen LogP contribution in [0.5, 0.6) is 11.5 Å². The highest BCUT2D eigenvalue weighted by Gasteiger charge is 2.27. The van der Waals surface area contributed by atoms with Gasteiger partial charge in [-0.15, -0.1) is 0 Å². The van der Waals surface area contributed by atoms with E-state index in [9.17, 15) is 13.2 Å². The van der Waals surface area contributed by atoms with E-state index >= 15 is 0 Å². The number of ether oxygens (including phenoxy) is 2. The Labute approximate surface area is 201 Å². The number of para-hydroxylation sites is 1. The van der Waals surface area contributed by atoms with Crippen LogP contribution in [0.2, 0.25) is 0 Å². The number of carbonyl (C=O) groups is 1. The molecule has 0 fully saturated rings. The molecule has 8 nitrogen and oxygen atoms in total. The molecule has 33 heavy (non-hydrogen) atoms. The van der Waals surface area contributed by atoms with Crippen molar-refractivity contribution in [1.82, 2.24) is 5.43 Å². The molecule has 0 atom stereocenters. The van der Waals surface area contributed by atoms with Crippen molar-refractivity contribution < 1.29 is 22.7 Å². The SMILES string of the molecule is COc1cccc(C=NNC(=O)CN(c2cccc(Br)c2)S(=O)(=O)c2ccccc2)c1OC. The fourth-order valence-corrected chi connectivity index (χ4v) is 4.84. The fourth-order valence-electron chi connectivity index (χ4n) is 3.02. The van der Waals surface area contributed by atoms with Crippen molar-refractivity contribution in [3.63, 3.8) is 0 Å². The predicted octanol–water partition coefficient (Wildman–Crippen LogP) is 3.81. The van der Waals surface area contributed by atoms with Crippen LogP contribution in [0.4, 0.5) is 5.69 Å². The lowest BCUT2D eigenvalue weighted by Crippen LogP contribution is -2.39. The van der Waals surface area contributed by atoms with E-state index in [1.165, 1.54) is 32.6 Å². The summed E-state index contributed by atoms with van der Waals surface area (Å²) in [5.41, 5.74) is 3.29. The Morgan fingerprint density at radius 1 is 1.03 bits per heavy atom. The van der Waals surface area contributed by atoms with E-state index in [1.54, 1.807) is 60.7 Å². The first kappa shape index (κ1) is 24.3. The number of amides is 1. The number of sulfonamides is 1. The third-order valence-corrected chi connectivity index (χ3v) is 6.82. The van der Waals surface area contributed by atoms with Crippen LogP contribution in [0.25, 0.3) is 0 Å². The number of anilines is 1. The van der Waals surface area contributed by atoms with E-state index in [0.29, 0.717) is 27.2 Å². The number of benzene rings is 3. The second kappa shape index (κ2) is 11.0. The molecule has 0 radical (unpaired) electrons. The zero-order valence-electron chi connectivity index (χ0n) is 17.9. The smallest absolute Gasteiger partial charge is 0.264 e. The summed E-state index contributed by atoms with van der Waals surface area (Å²) in [5, 5.41) is 3.95. The van der Waals surface area contributed by atoms with Gasteiger partial charge in [-0.05, 0) is 42.5 Å². The van der Waals surface area contributed by atoms with Crippen molar-refractivity contribution in [1.29, 1.82) is 0 Å². The molecule has 0 bridgehead atoms. The number of carbonyl (C=O) groups excluding carboxylic acids is 1. The number of hydrogen-bond acceptors (Lipinski definition) is 6. The third kappa shape index (κ3) is 5.91. The second-order valence-electron chi connectivity index (χ2n) is 6.68. The minimum absolute atomic E-state index is 0.0717. The topological polar surface area (TPSA) is 97.3 Å². The standard InChI is InChI=1S/C23H22BrN3O5S/c1-31-21-13-6-8-17(23(21)32-2)15-25-26-22(28)16-27(19-10-7-9-18(24)14-19)33(29,30)20-11-4-3-5-12-20/h3-15H,16H2,1-2H3,(H,26,28). The van der Waals surface area contributed by atoms with Gasteiger partial charge in [0.25, 0.3) is 15.9 Å². The number of halogens is 1. The average Bonchev–Trinajstić information content (AvgIpc) is 2.82. The maximum atomic E-state index is 13.3. The zero-order chi connectivity index (χ0) is 23.8. The number of nitrogens with one attached hydrogen (secondary N) is 1. The molecule has 3 aromatic carbocycles. The highest BCUT2D eigenvalue weighted by molar-refractivity contribution is 9.10. The first-order valence-corrected chi connectivity index (χ1v) is 12.0. The molecular weight excluding hydrogens is 510 g/mol. The van der Waals surface area contributed by atoms with Crippen LogP contribution in [-0.4, -0.2) is 41.3 Å².